The summed E-state index contributed by atoms with van der Waals surface area (Å²) in [6.07, 6.45) is 3.06. The molecular weight excluding hydrogens is 294 g/mol. The van der Waals surface area contributed by atoms with E-state index in [1.165, 1.54) is 10.9 Å². The molecule has 1 aromatic carbocycles. The van der Waals surface area contributed by atoms with Crippen molar-refractivity contribution in [1.82, 2.24) is 15.1 Å². The number of nitrogens with one attached hydrogen (secondary N) is 2. The summed E-state index contributed by atoms with van der Waals surface area (Å²) < 4.78 is 27.9. The molecule has 0 aliphatic heterocycles. The molecule has 0 saturated heterocycles. The maximum Gasteiger partial charge on any atom is 0.241 e. The van der Waals surface area contributed by atoms with E-state index in [2.05, 4.69) is 15.7 Å². The smallest absolute Gasteiger partial charge is 0.241 e. The zero-order valence-electron chi connectivity index (χ0n) is 11.7. The van der Waals surface area contributed by atoms with Crippen LogP contribution in [0.4, 0.5) is 14.5 Å². The standard InChI is InChI=1S/C14H16F2N4O2/c15-11-1-2-13(16)10(5-11)6-18-12-7-19-20(8-12)9-14(22)17-3-4-21/h1-2,5,7-8,18,21H,3-4,6,9H2,(H,17,22). The van der Waals surface area contributed by atoms with Gasteiger partial charge in [-0.3, -0.25) is 9.48 Å². The van der Waals surface area contributed by atoms with Crippen molar-refractivity contribution in [3.8, 4) is 0 Å². The van der Waals surface area contributed by atoms with Gasteiger partial charge in [0.15, 0.2) is 0 Å². The molecule has 1 aromatic heterocycles. The molecule has 118 valence electrons. The van der Waals surface area contributed by atoms with Gasteiger partial charge in [-0.15, -0.1) is 0 Å². The van der Waals surface area contributed by atoms with Gasteiger partial charge < -0.3 is 15.7 Å². The maximum absolute atomic E-state index is 13.5. The van der Waals surface area contributed by atoms with Crippen molar-refractivity contribution in [3.05, 3.63) is 47.8 Å². The topological polar surface area (TPSA) is 79.2 Å². The number of halogens is 2. The zero-order valence-corrected chi connectivity index (χ0v) is 11.7. The molecule has 6 nitrogen and oxygen atoms in total. The first kappa shape index (κ1) is 15.9. The third-order valence-electron chi connectivity index (χ3n) is 2.86. The van der Waals surface area contributed by atoms with E-state index in [1.807, 2.05) is 0 Å². The summed E-state index contributed by atoms with van der Waals surface area (Å²) in [6, 6.07) is 3.25. The third-order valence-corrected chi connectivity index (χ3v) is 2.86. The van der Waals surface area contributed by atoms with Crippen LogP contribution < -0.4 is 10.6 Å². The highest BCUT2D eigenvalue weighted by Crippen LogP contribution is 2.12. The van der Waals surface area contributed by atoms with Crippen LogP contribution in [0.25, 0.3) is 0 Å². The minimum Gasteiger partial charge on any atom is -0.395 e. The van der Waals surface area contributed by atoms with Gasteiger partial charge >= 0.3 is 0 Å². The van der Waals surface area contributed by atoms with Crippen molar-refractivity contribution >= 4 is 11.6 Å². The minimum atomic E-state index is -0.505. The molecule has 0 radical (unpaired) electrons. The molecule has 0 aliphatic rings. The van der Waals surface area contributed by atoms with Gasteiger partial charge in [-0.2, -0.15) is 5.10 Å². The van der Waals surface area contributed by atoms with Crippen LogP contribution in [0.1, 0.15) is 5.56 Å². The van der Waals surface area contributed by atoms with E-state index in [9.17, 15) is 13.6 Å². The van der Waals surface area contributed by atoms with Crippen LogP contribution in [-0.4, -0.2) is 33.9 Å². The van der Waals surface area contributed by atoms with Crippen LogP contribution in [-0.2, 0) is 17.9 Å². The summed E-state index contributed by atoms with van der Waals surface area (Å²) in [6.45, 7) is 0.170. The van der Waals surface area contributed by atoms with E-state index in [1.54, 1.807) is 6.20 Å². The number of nitrogens with zero attached hydrogens (tertiary/aromatic N) is 2. The Hall–Kier alpha value is -2.48. The summed E-state index contributed by atoms with van der Waals surface area (Å²) in [5.74, 6) is -1.28. The van der Waals surface area contributed by atoms with Crippen LogP contribution in [0.15, 0.2) is 30.6 Å². The first-order chi connectivity index (χ1) is 10.6. The highest BCUT2D eigenvalue weighted by Gasteiger charge is 2.06. The molecule has 0 saturated carbocycles. The largest absolute Gasteiger partial charge is 0.395 e. The molecule has 1 amide bonds. The summed E-state index contributed by atoms with van der Waals surface area (Å²) in [7, 11) is 0. The van der Waals surface area contributed by atoms with Gasteiger partial charge in [-0.25, -0.2) is 8.78 Å². The average molecular weight is 310 g/mol. The number of carbonyl (C=O) groups is 1. The maximum atomic E-state index is 13.5. The normalized spacial score (nSPS) is 10.5. The highest BCUT2D eigenvalue weighted by molar-refractivity contribution is 5.75. The molecule has 2 aromatic rings. The molecule has 0 atom stereocenters. The third kappa shape index (κ3) is 4.52. The Morgan fingerprint density at radius 1 is 1.36 bits per heavy atom. The van der Waals surface area contributed by atoms with Gasteiger partial charge in [-0.05, 0) is 18.2 Å². The van der Waals surface area contributed by atoms with Gasteiger partial charge in [0.05, 0.1) is 18.5 Å². The number of amides is 1. The van der Waals surface area contributed by atoms with Crippen molar-refractivity contribution < 1.29 is 18.7 Å². The fourth-order valence-corrected chi connectivity index (χ4v) is 1.82. The number of hydrogen-bond acceptors (Lipinski definition) is 4. The Kier molecular flexibility index (Phi) is 5.42. The van der Waals surface area contributed by atoms with Crippen molar-refractivity contribution in [1.29, 1.82) is 0 Å². The van der Waals surface area contributed by atoms with Crippen molar-refractivity contribution in [2.45, 2.75) is 13.1 Å². The zero-order chi connectivity index (χ0) is 15.9. The molecule has 8 heteroatoms. The molecule has 3 N–H and O–H groups in total. The Morgan fingerprint density at radius 2 is 2.18 bits per heavy atom. The molecule has 0 aliphatic carbocycles. The molecule has 0 fully saturated rings. The Balaban J connectivity index is 1.89. The van der Waals surface area contributed by atoms with Crippen LogP contribution in [0, 0.1) is 11.6 Å². The number of aromatic nitrogens is 2. The molecule has 1 heterocycles. The molecule has 0 spiro atoms. The van der Waals surface area contributed by atoms with Crippen LogP contribution in [0.2, 0.25) is 0 Å². The average Bonchev–Trinajstić information content (AvgIpc) is 2.93. The van der Waals surface area contributed by atoms with Crippen LogP contribution >= 0.6 is 0 Å². The number of hydrogen-bond donors (Lipinski definition) is 3. The lowest BCUT2D eigenvalue weighted by molar-refractivity contribution is -0.122. The molecular formula is C14H16F2N4O2. The summed E-state index contributed by atoms with van der Waals surface area (Å²) in [5.41, 5.74) is 0.784. The minimum absolute atomic E-state index is 0.00993. The summed E-state index contributed by atoms with van der Waals surface area (Å²) in [5, 5.41) is 18.0. The van der Waals surface area contributed by atoms with Gasteiger partial charge in [0, 0.05) is 24.8 Å². The number of benzene rings is 1. The summed E-state index contributed by atoms with van der Waals surface area (Å²) in [4.78, 5) is 11.4. The molecule has 2 rings (SSSR count). The van der Waals surface area contributed by atoms with E-state index in [0.717, 1.165) is 18.2 Å². The lowest BCUT2D eigenvalue weighted by Gasteiger charge is -2.05. The van der Waals surface area contributed by atoms with Crippen molar-refractivity contribution in [2.75, 3.05) is 18.5 Å². The SMILES string of the molecule is O=C(Cn1cc(NCc2cc(F)ccc2F)cn1)NCCO. The van der Waals surface area contributed by atoms with Gasteiger partial charge in [0.1, 0.15) is 18.2 Å². The molecule has 0 unspecified atom stereocenters. The van der Waals surface area contributed by atoms with E-state index in [0.29, 0.717) is 5.69 Å². The number of rotatable bonds is 7. The van der Waals surface area contributed by atoms with E-state index in [-0.39, 0.29) is 37.7 Å². The Morgan fingerprint density at radius 3 is 2.95 bits per heavy atom. The number of aliphatic hydroxyl groups excluding tert-OH is 1. The predicted octanol–water partition coefficient (Wildman–Crippen LogP) is 0.882. The van der Waals surface area contributed by atoms with Gasteiger partial charge in [0.25, 0.3) is 0 Å². The van der Waals surface area contributed by atoms with Crippen molar-refractivity contribution in [3.63, 3.8) is 0 Å². The Bertz CT molecular complexity index is 646. The monoisotopic (exact) mass is 310 g/mol. The van der Waals surface area contributed by atoms with Crippen LogP contribution in [0.5, 0.6) is 0 Å². The quantitative estimate of drug-likeness (QED) is 0.709. The number of anilines is 1. The first-order valence-corrected chi connectivity index (χ1v) is 6.66. The van der Waals surface area contributed by atoms with Gasteiger partial charge in [0.2, 0.25) is 5.91 Å². The fraction of sp³-hybridized carbons (Fsp3) is 0.286. The predicted molar refractivity (Wildman–Crippen MR) is 76.0 cm³/mol. The second-order valence-corrected chi connectivity index (χ2v) is 4.59. The molecule has 0 bridgehead atoms. The number of aliphatic hydroxyl groups is 1. The summed E-state index contributed by atoms with van der Waals surface area (Å²) >= 11 is 0. The Labute approximate surface area is 125 Å². The lowest BCUT2D eigenvalue weighted by atomic mass is 10.2. The van der Waals surface area contributed by atoms with Crippen molar-refractivity contribution in [2.24, 2.45) is 0 Å². The fourth-order valence-electron chi connectivity index (χ4n) is 1.82. The van der Waals surface area contributed by atoms with Gasteiger partial charge in [-0.1, -0.05) is 0 Å². The number of carbonyl (C=O) groups excluding carboxylic acids is 1. The second-order valence-electron chi connectivity index (χ2n) is 4.59. The van der Waals surface area contributed by atoms with E-state index < -0.39 is 11.6 Å². The molecule has 22 heavy (non-hydrogen) atoms. The highest BCUT2D eigenvalue weighted by atomic mass is 19.1. The van der Waals surface area contributed by atoms with E-state index in [4.69, 9.17) is 5.11 Å². The first-order valence-electron chi connectivity index (χ1n) is 6.66. The lowest BCUT2D eigenvalue weighted by Crippen LogP contribution is -2.30. The second kappa shape index (κ2) is 7.51. The van der Waals surface area contributed by atoms with E-state index >= 15 is 0 Å². The van der Waals surface area contributed by atoms with Crippen LogP contribution in [0.3, 0.4) is 0 Å².